The van der Waals surface area contributed by atoms with Crippen LogP contribution in [-0.2, 0) is 6.42 Å². The van der Waals surface area contributed by atoms with Crippen LogP contribution in [0.2, 0.25) is 0 Å². The molecule has 7 heteroatoms. The standard InChI is InChI=1S/C21H18NO6/c1-27-21-18(25)14(8-11-6-7-22-10-11)20-17(19(21)26)15(24)9-16(28-20)12-2-4-13(23)5-3-12/h2-7,10,16,23H,8-9H2,1H3,(H2,24,25,26)/q-1/p+1. The second-order valence-electron chi connectivity index (χ2n) is 6.61. The monoisotopic (exact) mass is 381 g/mol. The molecule has 144 valence electrons. The van der Waals surface area contributed by atoms with Crippen LogP contribution in [0, 0.1) is 0 Å². The van der Waals surface area contributed by atoms with Crippen LogP contribution in [0.1, 0.15) is 34.8 Å². The highest BCUT2D eigenvalue weighted by Crippen LogP contribution is 2.52. The van der Waals surface area contributed by atoms with Crippen molar-refractivity contribution in [1.29, 1.82) is 0 Å². The van der Waals surface area contributed by atoms with E-state index in [2.05, 4.69) is 4.98 Å². The number of carbonyl (C=O) groups excluding carboxylic acids is 1. The molecule has 0 amide bonds. The zero-order valence-corrected chi connectivity index (χ0v) is 15.1. The van der Waals surface area contributed by atoms with Crippen molar-refractivity contribution in [1.82, 2.24) is 4.98 Å². The molecule has 0 saturated heterocycles. The number of aromatic hydroxyl groups is 3. The van der Waals surface area contributed by atoms with Crippen molar-refractivity contribution < 1.29 is 29.6 Å². The molecule has 1 aromatic heterocycles. The van der Waals surface area contributed by atoms with E-state index >= 15 is 0 Å². The Hall–Kier alpha value is -3.61. The first-order valence-corrected chi connectivity index (χ1v) is 8.70. The maximum absolute atomic E-state index is 10.7. The molecule has 0 bridgehead atoms. The second-order valence-corrected chi connectivity index (χ2v) is 6.61. The molecule has 0 fully saturated rings. The number of methoxy groups -OCH3 is 1. The van der Waals surface area contributed by atoms with Crippen LogP contribution in [0.15, 0.2) is 42.7 Å². The van der Waals surface area contributed by atoms with Gasteiger partial charge < -0.3 is 29.8 Å². The molecule has 0 saturated carbocycles. The smallest absolute Gasteiger partial charge is 0.335 e. The minimum Gasteiger partial charge on any atom is -0.670 e. The summed E-state index contributed by atoms with van der Waals surface area (Å²) in [5, 5.41) is 30.7. The fourth-order valence-electron chi connectivity index (χ4n) is 3.45. The lowest BCUT2D eigenvalue weighted by molar-refractivity contribution is 0.197. The molecule has 1 atom stereocenters. The molecule has 2 aromatic carbocycles. The van der Waals surface area contributed by atoms with E-state index in [9.17, 15) is 20.1 Å². The number of hydrogen-bond donors (Lipinski definition) is 3. The number of fused-ring (bicyclic) bond motifs is 1. The van der Waals surface area contributed by atoms with Crippen molar-refractivity contribution in [2.75, 3.05) is 7.11 Å². The third-order valence-electron chi connectivity index (χ3n) is 4.85. The largest absolute Gasteiger partial charge is 0.670 e. The van der Waals surface area contributed by atoms with Gasteiger partial charge in [0.1, 0.15) is 24.0 Å². The molecule has 7 nitrogen and oxygen atoms in total. The van der Waals surface area contributed by atoms with Gasteiger partial charge in [-0.2, -0.15) is 12.4 Å². The van der Waals surface area contributed by atoms with Gasteiger partial charge in [0.2, 0.25) is 5.75 Å². The predicted molar refractivity (Wildman–Crippen MR) is 101 cm³/mol. The van der Waals surface area contributed by atoms with Gasteiger partial charge in [0.15, 0.2) is 17.1 Å². The minimum atomic E-state index is -0.545. The molecule has 1 aliphatic heterocycles. The van der Waals surface area contributed by atoms with Crippen molar-refractivity contribution in [3.63, 3.8) is 0 Å². The Bertz CT molecular complexity index is 1020. The Morgan fingerprint density at radius 3 is 2.54 bits per heavy atom. The number of phenols is 3. The van der Waals surface area contributed by atoms with Crippen molar-refractivity contribution >= 4 is 5.78 Å². The van der Waals surface area contributed by atoms with Crippen LogP contribution >= 0.6 is 0 Å². The van der Waals surface area contributed by atoms with Gasteiger partial charge in [-0.3, -0.25) is 4.79 Å². The number of ether oxygens (including phenoxy) is 2. The first-order valence-electron chi connectivity index (χ1n) is 8.70. The summed E-state index contributed by atoms with van der Waals surface area (Å²) in [6, 6.07) is 8.26. The number of rotatable bonds is 4. The molecule has 4 rings (SSSR count). The average molecular weight is 381 g/mol. The summed E-state index contributed by atoms with van der Waals surface area (Å²) in [5.74, 6) is -0.500. The predicted octanol–water partition coefficient (Wildman–Crippen LogP) is 2.78. The average Bonchev–Trinajstić information content (AvgIpc) is 3.19. The number of ketones is 1. The second kappa shape index (κ2) is 6.84. The third-order valence-corrected chi connectivity index (χ3v) is 4.85. The summed E-state index contributed by atoms with van der Waals surface area (Å²) in [4.78, 5) is 14.7. The van der Waals surface area contributed by atoms with Gasteiger partial charge in [-0.1, -0.05) is 23.8 Å². The number of benzene rings is 2. The van der Waals surface area contributed by atoms with Gasteiger partial charge in [-0.25, -0.2) is 0 Å². The summed E-state index contributed by atoms with van der Waals surface area (Å²) < 4.78 is 11.3. The number of aromatic nitrogens is 1. The quantitative estimate of drug-likeness (QED) is 0.599. The normalized spacial score (nSPS) is 15.8. The molecule has 4 N–H and O–H groups in total. The Morgan fingerprint density at radius 2 is 1.89 bits per heavy atom. The summed E-state index contributed by atoms with van der Waals surface area (Å²) in [6.45, 7) is 0. The van der Waals surface area contributed by atoms with E-state index in [1.165, 1.54) is 19.2 Å². The molecule has 28 heavy (non-hydrogen) atoms. The zero-order chi connectivity index (χ0) is 19.8. The summed E-state index contributed by atoms with van der Waals surface area (Å²) >= 11 is 0. The fraction of sp³-hybridized carbons (Fsp3) is 0.190. The lowest BCUT2D eigenvalue weighted by atomic mass is 9.91. The Kier molecular flexibility index (Phi) is 4.35. The van der Waals surface area contributed by atoms with Gasteiger partial charge in [-0.15, -0.1) is 0 Å². The highest BCUT2D eigenvalue weighted by Gasteiger charge is 2.39. The summed E-state index contributed by atoms with van der Waals surface area (Å²) in [6.07, 6.45) is 3.16. The number of hydrogen-bond acceptors (Lipinski definition) is 5. The molecule has 1 aliphatic rings. The lowest BCUT2D eigenvalue weighted by Crippen LogP contribution is -2.22. The maximum Gasteiger partial charge on any atom is 0.335 e. The Morgan fingerprint density at radius 1 is 1.14 bits per heavy atom. The van der Waals surface area contributed by atoms with E-state index in [0.717, 1.165) is 11.1 Å². The Balaban J connectivity index is 1.85. The molecule has 1 unspecified atom stereocenters. The first kappa shape index (κ1) is 17.8. The topological polar surface area (TPSA) is 115 Å². The molecule has 0 spiro atoms. The van der Waals surface area contributed by atoms with E-state index in [1.54, 1.807) is 30.6 Å². The van der Waals surface area contributed by atoms with E-state index in [0.29, 0.717) is 5.56 Å². The Labute approximate surface area is 160 Å². The van der Waals surface area contributed by atoms with E-state index in [4.69, 9.17) is 9.47 Å². The maximum atomic E-state index is 10.7. The summed E-state index contributed by atoms with van der Waals surface area (Å²) in [7, 11) is 1.33. The van der Waals surface area contributed by atoms with Crippen molar-refractivity contribution in [2.45, 2.75) is 18.9 Å². The van der Waals surface area contributed by atoms with Crippen molar-refractivity contribution in [3.05, 3.63) is 65.0 Å². The van der Waals surface area contributed by atoms with E-state index in [1.807, 2.05) is 0 Å². The van der Waals surface area contributed by atoms with E-state index < -0.39 is 6.10 Å². The molecule has 2 heterocycles. The van der Waals surface area contributed by atoms with Crippen LogP contribution in [-0.4, -0.2) is 33.0 Å². The van der Waals surface area contributed by atoms with Gasteiger partial charge in [0.05, 0.1) is 7.11 Å². The van der Waals surface area contributed by atoms with Crippen LogP contribution in [0.3, 0.4) is 0 Å². The molecule has 0 aliphatic carbocycles. The van der Waals surface area contributed by atoms with Crippen molar-refractivity contribution in [2.24, 2.45) is 0 Å². The number of phenolic OH excluding ortho intramolecular Hbond substituents is 3. The van der Waals surface area contributed by atoms with Crippen LogP contribution in [0.4, 0.5) is 0 Å². The van der Waals surface area contributed by atoms with Gasteiger partial charge in [0.25, 0.3) is 0 Å². The van der Waals surface area contributed by atoms with Crippen LogP contribution < -0.4 is 14.5 Å². The van der Waals surface area contributed by atoms with Crippen molar-refractivity contribution in [3.8, 4) is 28.7 Å². The van der Waals surface area contributed by atoms with Gasteiger partial charge in [-0.05, 0) is 17.7 Å². The summed E-state index contributed by atoms with van der Waals surface area (Å²) in [5.41, 5.74) is 2.07. The molecular weight excluding hydrogens is 362 g/mol. The first-order chi connectivity index (χ1) is 13.5. The van der Waals surface area contributed by atoms with Gasteiger partial charge in [0, 0.05) is 12.0 Å². The molecule has 0 radical (unpaired) electrons. The van der Waals surface area contributed by atoms with Gasteiger partial charge >= 0.3 is 5.78 Å². The van der Waals surface area contributed by atoms with Crippen LogP contribution in [0.5, 0.6) is 28.7 Å². The molecule has 3 aromatic rings. The SMILES string of the molecule is COc1c(O)c(Cc2cc[n-]c2)c2c(c1O)C(=[OH+])CC(c1ccc(O)cc1)O2. The molecular formula is C21H19NO6. The minimum absolute atomic E-state index is 0.0722. The number of nitrogens with zero attached hydrogens (tertiary/aromatic N) is 1. The van der Waals surface area contributed by atoms with Crippen LogP contribution in [0.25, 0.3) is 0 Å². The zero-order valence-electron chi connectivity index (χ0n) is 15.1. The van der Waals surface area contributed by atoms with E-state index in [-0.39, 0.29) is 52.9 Å². The highest BCUT2D eigenvalue weighted by molar-refractivity contribution is 6.05. The third kappa shape index (κ3) is 2.90. The highest BCUT2D eigenvalue weighted by atomic mass is 16.5. The fourth-order valence-corrected chi connectivity index (χ4v) is 3.45. The lowest BCUT2D eigenvalue weighted by Gasteiger charge is -2.27.